The molecule has 0 aromatic rings. The van der Waals surface area contributed by atoms with E-state index in [0.717, 1.165) is 51.6 Å². The van der Waals surface area contributed by atoms with Crippen LogP contribution in [0.1, 0.15) is 51.4 Å². The lowest BCUT2D eigenvalue weighted by Gasteiger charge is -2.32. The van der Waals surface area contributed by atoms with Crippen LogP contribution in [-0.4, -0.2) is 31.2 Å². The molecule has 0 aromatic heterocycles. The summed E-state index contributed by atoms with van der Waals surface area (Å²) in [5, 5.41) is 5.62. The van der Waals surface area contributed by atoms with Crippen LogP contribution in [0.5, 0.6) is 0 Å². The van der Waals surface area contributed by atoms with Crippen molar-refractivity contribution in [2.75, 3.05) is 13.1 Å². The number of halogens is 4. The van der Waals surface area contributed by atoms with E-state index in [1.54, 1.807) is 0 Å². The van der Waals surface area contributed by atoms with Gasteiger partial charge in [-0.2, -0.15) is 13.2 Å². The maximum absolute atomic E-state index is 13.4. The highest BCUT2D eigenvalue weighted by atomic mass is 35.5. The SMILES string of the molecule is Cl.O=C(NC(C1CCCCC1)C(F)(F)F)C1CC12CCNCC2. The lowest BCUT2D eigenvalue weighted by molar-refractivity contribution is -0.175. The summed E-state index contributed by atoms with van der Waals surface area (Å²) in [7, 11) is 0. The van der Waals surface area contributed by atoms with Gasteiger partial charge in [0, 0.05) is 5.92 Å². The molecule has 3 aliphatic rings. The molecule has 2 saturated carbocycles. The molecule has 2 N–H and O–H groups in total. The van der Waals surface area contributed by atoms with E-state index >= 15 is 0 Å². The maximum atomic E-state index is 13.4. The zero-order valence-electron chi connectivity index (χ0n) is 13.3. The Morgan fingerprint density at radius 2 is 1.74 bits per heavy atom. The molecule has 1 spiro atoms. The van der Waals surface area contributed by atoms with Crippen molar-refractivity contribution in [2.24, 2.45) is 17.3 Å². The van der Waals surface area contributed by atoms with Crippen LogP contribution >= 0.6 is 12.4 Å². The van der Waals surface area contributed by atoms with Gasteiger partial charge in [-0.05, 0) is 56.5 Å². The summed E-state index contributed by atoms with van der Waals surface area (Å²) in [6.45, 7) is 1.74. The topological polar surface area (TPSA) is 41.1 Å². The molecule has 3 nitrogen and oxygen atoms in total. The Bertz CT molecular complexity index is 418. The third-order valence-electron chi connectivity index (χ3n) is 5.88. The first-order chi connectivity index (χ1) is 10.4. The predicted octanol–water partition coefficient (Wildman–Crippen LogP) is 3.43. The van der Waals surface area contributed by atoms with E-state index in [9.17, 15) is 18.0 Å². The van der Waals surface area contributed by atoms with Crippen molar-refractivity contribution >= 4 is 18.3 Å². The molecule has 23 heavy (non-hydrogen) atoms. The van der Waals surface area contributed by atoms with Crippen molar-refractivity contribution in [2.45, 2.75) is 63.6 Å². The van der Waals surface area contributed by atoms with E-state index in [-0.39, 0.29) is 29.6 Å². The molecule has 2 unspecified atom stereocenters. The number of alkyl halides is 3. The summed E-state index contributed by atoms with van der Waals surface area (Å²) in [4.78, 5) is 12.3. The molecule has 0 aromatic carbocycles. The van der Waals surface area contributed by atoms with Gasteiger partial charge in [-0.1, -0.05) is 19.3 Å². The third-order valence-corrected chi connectivity index (χ3v) is 5.88. The minimum atomic E-state index is -4.34. The minimum Gasteiger partial charge on any atom is -0.344 e. The van der Waals surface area contributed by atoms with Crippen LogP contribution in [0, 0.1) is 17.3 Å². The van der Waals surface area contributed by atoms with Gasteiger partial charge in [-0.3, -0.25) is 4.79 Å². The number of carbonyl (C=O) groups is 1. The van der Waals surface area contributed by atoms with E-state index in [2.05, 4.69) is 10.6 Å². The molecule has 0 radical (unpaired) electrons. The zero-order chi connectivity index (χ0) is 15.8. The van der Waals surface area contributed by atoms with E-state index in [1.165, 1.54) is 0 Å². The molecule has 7 heteroatoms. The second kappa shape index (κ2) is 7.18. The van der Waals surface area contributed by atoms with E-state index in [4.69, 9.17) is 0 Å². The first kappa shape index (κ1) is 18.8. The fraction of sp³-hybridized carbons (Fsp3) is 0.938. The first-order valence-electron chi connectivity index (χ1n) is 8.50. The number of piperidine rings is 1. The molecular weight excluding hydrogens is 329 g/mol. The lowest BCUT2D eigenvalue weighted by Crippen LogP contribution is -2.51. The molecule has 0 bridgehead atoms. The highest BCUT2D eigenvalue weighted by Gasteiger charge is 2.59. The zero-order valence-corrected chi connectivity index (χ0v) is 14.1. The van der Waals surface area contributed by atoms with Crippen LogP contribution in [0.2, 0.25) is 0 Å². The van der Waals surface area contributed by atoms with Crippen molar-refractivity contribution in [3.05, 3.63) is 0 Å². The van der Waals surface area contributed by atoms with Crippen molar-refractivity contribution in [1.29, 1.82) is 0 Å². The summed E-state index contributed by atoms with van der Waals surface area (Å²) >= 11 is 0. The van der Waals surface area contributed by atoms with Crippen molar-refractivity contribution in [3.8, 4) is 0 Å². The van der Waals surface area contributed by atoms with Gasteiger partial charge in [0.15, 0.2) is 0 Å². The highest BCUT2D eigenvalue weighted by molar-refractivity contribution is 5.85. The van der Waals surface area contributed by atoms with Gasteiger partial charge in [-0.15, -0.1) is 12.4 Å². The summed E-state index contributed by atoms with van der Waals surface area (Å²) < 4.78 is 40.1. The molecule has 3 fully saturated rings. The molecule has 1 heterocycles. The number of nitrogens with one attached hydrogen (secondary N) is 2. The van der Waals surface area contributed by atoms with Gasteiger partial charge in [0.25, 0.3) is 0 Å². The number of hydrogen-bond donors (Lipinski definition) is 2. The van der Waals surface area contributed by atoms with Crippen LogP contribution < -0.4 is 10.6 Å². The summed E-state index contributed by atoms with van der Waals surface area (Å²) in [6.07, 6.45) is 2.07. The van der Waals surface area contributed by atoms with Gasteiger partial charge in [0.1, 0.15) is 6.04 Å². The molecule has 1 amide bonds. The van der Waals surface area contributed by atoms with Crippen LogP contribution in [0.4, 0.5) is 13.2 Å². The van der Waals surface area contributed by atoms with E-state index in [1.807, 2.05) is 0 Å². The summed E-state index contributed by atoms with van der Waals surface area (Å²) in [5.41, 5.74) is -0.0158. The molecule has 3 rings (SSSR count). The smallest absolute Gasteiger partial charge is 0.344 e. The Morgan fingerprint density at radius 3 is 2.30 bits per heavy atom. The Kier molecular flexibility index (Phi) is 5.88. The third kappa shape index (κ3) is 4.13. The van der Waals surface area contributed by atoms with Crippen LogP contribution in [0.25, 0.3) is 0 Å². The molecular formula is C16H26ClF3N2O. The van der Waals surface area contributed by atoms with Gasteiger partial charge < -0.3 is 10.6 Å². The first-order valence-corrected chi connectivity index (χ1v) is 8.50. The van der Waals surface area contributed by atoms with Crippen molar-refractivity contribution in [1.82, 2.24) is 10.6 Å². The normalized spacial score (nSPS) is 28.7. The quantitative estimate of drug-likeness (QED) is 0.815. The van der Waals surface area contributed by atoms with Gasteiger partial charge >= 0.3 is 6.18 Å². The second-order valence-electron chi connectivity index (χ2n) is 7.30. The number of carbonyl (C=O) groups excluding carboxylic acids is 1. The van der Waals surface area contributed by atoms with Gasteiger partial charge in [0.05, 0.1) is 0 Å². The Hall–Kier alpha value is -0.490. The Balaban J connectivity index is 0.00000192. The highest BCUT2D eigenvalue weighted by Crippen LogP contribution is 2.58. The van der Waals surface area contributed by atoms with Crippen LogP contribution in [0.3, 0.4) is 0 Å². The largest absolute Gasteiger partial charge is 0.408 e. The maximum Gasteiger partial charge on any atom is 0.408 e. The fourth-order valence-electron chi connectivity index (χ4n) is 4.38. The van der Waals surface area contributed by atoms with Crippen molar-refractivity contribution < 1.29 is 18.0 Å². The standard InChI is InChI=1S/C16H25F3N2O.ClH/c17-16(18,19)13(11-4-2-1-3-5-11)21-14(22)12-10-15(12)6-8-20-9-7-15;/h11-13,20H,1-10H2,(H,21,22);1H. The molecule has 134 valence electrons. The summed E-state index contributed by atoms with van der Waals surface area (Å²) in [6, 6.07) is -1.65. The Morgan fingerprint density at radius 1 is 1.13 bits per heavy atom. The number of hydrogen-bond acceptors (Lipinski definition) is 2. The molecule has 2 atom stereocenters. The number of amides is 1. The summed E-state index contributed by atoms with van der Waals surface area (Å²) in [5.74, 6) is -1.02. The second-order valence-corrected chi connectivity index (χ2v) is 7.30. The van der Waals surface area contributed by atoms with E-state index < -0.39 is 18.1 Å². The monoisotopic (exact) mass is 354 g/mol. The fourth-order valence-corrected chi connectivity index (χ4v) is 4.38. The average Bonchev–Trinajstić information content (AvgIpc) is 3.18. The number of rotatable bonds is 3. The molecule has 2 aliphatic carbocycles. The van der Waals surface area contributed by atoms with E-state index in [0.29, 0.717) is 12.8 Å². The van der Waals surface area contributed by atoms with Crippen molar-refractivity contribution in [3.63, 3.8) is 0 Å². The average molecular weight is 355 g/mol. The minimum absolute atomic E-state index is 0. The lowest BCUT2D eigenvalue weighted by atomic mass is 9.83. The van der Waals surface area contributed by atoms with Gasteiger partial charge in [-0.25, -0.2) is 0 Å². The Labute approximate surface area is 141 Å². The molecule has 1 saturated heterocycles. The van der Waals surface area contributed by atoms with Crippen LogP contribution in [0.15, 0.2) is 0 Å². The van der Waals surface area contributed by atoms with Gasteiger partial charge in [0.2, 0.25) is 5.91 Å². The predicted molar refractivity (Wildman–Crippen MR) is 84.5 cm³/mol. The molecule has 1 aliphatic heterocycles. The van der Waals surface area contributed by atoms with Crippen LogP contribution in [-0.2, 0) is 4.79 Å².